The number of ether oxygens (including phenoxy) is 1. The third kappa shape index (κ3) is 5.68. The molecule has 0 spiro atoms. The first-order valence-corrected chi connectivity index (χ1v) is 11.2. The van der Waals surface area contributed by atoms with Gasteiger partial charge in [-0.2, -0.15) is 0 Å². The summed E-state index contributed by atoms with van der Waals surface area (Å²) in [5, 5.41) is 2.55. The van der Waals surface area contributed by atoms with Gasteiger partial charge in [-0.1, -0.05) is 42.0 Å². The second kappa shape index (κ2) is 9.72. The molecule has 0 atom stereocenters. The van der Waals surface area contributed by atoms with E-state index >= 15 is 0 Å². The van der Waals surface area contributed by atoms with E-state index in [0.29, 0.717) is 6.61 Å². The van der Waals surface area contributed by atoms with Crippen molar-refractivity contribution >= 4 is 21.6 Å². The highest BCUT2D eigenvalue weighted by Gasteiger charge is 2.19. The van der Waals surface area contributed by atoms with Crippen molar-refractivity contribution in [3.63, 3.8) is 0 Å². The van der Waals surface area contributed by atoms with E-state index in [4.69, 9.17) is 4.74 Å². The van der Waals surface area contributed by atoms with Gasteiger partial charge >= 0.3 is 0 Å². The number of amides is 1. The van der Waals surface area contributed by atoms with Gasteiger partial charge in [0.25, 0.3) is 5.91 Å². The van der Waals surface area contributed by atoms with Crippen LogP contribution in [0.2, 0.25) is 0 Å². The van der Waals surface area contributed by atoms with Crippen molar-refractivity contribution < 1.29 is 22.3 Å². The lowest BCUT2D eigenvalue weighted by Gasteiger charge is -2.14. The van der Waals surface area contributed by atoms with Crippen molar-refractivity contribution in [3.05, 3.63) is 89.2 Å². The van der Waals surface area contributed by atoms with E-state index in [0.717, 1.165) is 11.1 Å². The number of anilines is 1. The van der Waals surface area contributed by atoms with Crippen LogP contribution in [0.4, 0.5) is 10.1 Å². The van der Waals surface area contributed by atoms with Crippen LogP contribution < -0.4 is 14.8 Å². The van der Waals surface area contributed by atoms with Gasteiger partial charge in [0.2, 0.25) is 10.0 Å². The highest BCUT2D eigenvalue weighted by atomic mass is 32.2. The number of aryl methyl sites for hydroxylation is 1. The van der Waals surface area contributed by atoms with Crippen LogP contribution in [0.15, 0.2) is 71.6 Å². The number of sulfonamides is 1. The molecule has 0 heterocycles. The third-order valence-electron chi connectivity index (χ3n) is 4.51. The number of rotatable bonds is 8. The Hall–Kier alpha value is -3.23. The lowest BCUT2D eigenvalue weighted by molar-refractivity contribution is 0.102. The van der Waals surface area contributed by atoms with Gasteiger partial charge in [-0.25, -0.2) is 17.5 Å². The summed E-state index contributed by atoms with van der Waals surface area (Å²) in [6.45, 7) is 4.13. The quantitative estimate of drug-likeness (QED) is 0.546. The molecule has 0 radical (unpaired) electrons. The number of hydrogen-bond donors (Lipinski definition) is 2. The number of nitrogens with one attached hydrogen (secondary N) is 2. The lowest BCUT2D eigenvalue weighted by atomic mass is 10.2. The molecule has 0 aliphatic rings. The van der Waals surface area contributed by atoms with Crippen LogP contribution in [0.3, 0.4) is 0 Å². The fourth-order valence-corrected chi connectivity index (χ4v) is 3.90. The molecule has 0 aromatic heterocycles. The highest BCUT2D eigenvalue weighted by Crippen LogP contribution is 2.28. The van der Waals surface area contributed by atoms with Gasteiger partial charge in [0.05, 0.1) is 22.8 Å². The molecule has 31 heavy (non-hydrogen) atoms. The first kappa shape index (κ1) is 22.5. The van der Waals surface area contributed by atoms with Gasteiger partial charge < -0.3 is 10.1 Å². The minimum absolute atomic E-state index is 0.0492. The third-order valence-corrected chi connectivity index (χ3v) is 5.91. The fraction of sp³-hybridized carbons (Fsp3) is 0.174. The average Bonchev–Trinajstić information content (AvgIpc) is 2.75. The zero-order valence-corrected chi connectivity index (χ0v) is 18.0. The first-order valence-electron chi connectivity index (χ1n) is 9.68. The smallest absolute Gasteiger partial charge is 0.258 e. The molecule has 162 valence electrons. The predicted molar refractivity (Wildman–Crippen MR) is 117 cm³/mol. The Morgan fingerprint density at radius 1 is 1.03 bits per heavy atom. The molecule has 0 aliphatic carbocycles. The monoisotopic (exact) mass is 442 g/mol. The molecular formula is C23H23FN2O4S. The van der Waals surface area contributed by atoms with E-state index in [1.807, 2.05) is 31.2 Å². The van der Waals surface area contributed by atoms with Crippen LogP contribution in [0.5, 0.6) is 5.75 Å². The van der Waals surface area contributed by atoms with Crippen molar-refractivity contribution in [1.82, 2.24) is 4.72 Å². The molecule has 0 bridgehead atoms. The molecule has 0 unspecified atom stereocenters. The van der Waals surface area contributed by atoms with Crippen LogP contribution in [0.25, 0.3) is 0 Å². The SMILES string of the molecule is CCOc1ccc(S(=O)(=O)NCc2ccc(C)cc2)cc1NC(=O)c1ccccc1F. The maximum atomic E-state index is 13.9. The summed E-state index contributed by atoms with van der Waals surface area (Å²) in [6.07, 6.45) is 0. The van der Waals surface area contributed by atoms with Gasteiger partial charge in [-0.3, -0.25) is 4.79 Å². The summed E-state index contributed by atoms with van der Waals surface area (Å²) in [5.41, 5.74) is 1.87. The van der Waals surface area contributed by atoms with Crippen molar-refractivity contribution in [1.29, 1.82) is 0 Å². The normalized spacial score (nSPS) is 11.2. The Morgan fingerprint density at radius 2 is 1.74 bits per heavy atom. The maximum absolute atomic E-state index is 13.9. The van der Waals surface area contributed by atoms with E-state index < -0.39 is 21.7 Å². The standard InChI is InChI=1S/C23H23FN2O4S/c1-3-30-22-13-12-18(31(28,29)25-15-17-10-8-16(2)9-11-17)14-21(22)26-23(27)19-6-4-5-7-20(19)24/h4-14,25H,3,15H2,1-2H3,(H,26,27). The second-order valence-corrected chi connectivity index (χ2v) is 8.60. The first-order chi connectivity index (χ1) is 14.8. The van der Waals surface area contributed by atoms with Gasteiger partial charge in [-0.15, -0.1) is 0 Å². The largest absolute Gasteiger partial charge is 0.492 e. The molecule has 1 amide bonds. The van der Waals surface area contributed by atoms with E-state index in [2.05, 4.69) is 10.0 Å². The van der Waals surface area contributed by atoms with Crippen LogP contribution in [-0.4, -0.2) is 20.9 Å². The Labute approximate surface area is 181 Å². The van der Waals surface area contributed by atoms with Crippen molar-refractivity contribution in [3.8, 4) is 5.75 Å². The Morgan fingerprint density at radius 3 is 2.42 bits per heavy atom. The summed E-state index contributed by atoms with van der Waals surface area (Å²) in [7, 11) is -3.86. The Kier molecular flexibility index (Phi) is 7.04. The second-order valence-electron chi connectivity index (χ2n) is 6.84. The summed E-state index contributed by atoms with van der Waals surface area (Å²) in [6, 6.07) is 17.2. The van der Waals surface area contributed by atoms with E-state index in [9.17, 15) is 17.6 Å². The van der Waals surface area contributed by atoms with Crippen LogP contribution >= 0.6 is 0 Å². The Balaban J connectivity index is 1.85. The van der Waals surface area contributed by atoms with Crippen molar-refractivity contribution in [2.24, 2.45) is 0 Å². The number of carbonyl (C=O) groups is 1. The zero-order valence-electron chi connectivity index (χ0n) is 17.2. The van der Waals surface area contributed by atoms with Crippen LogP contribution in [0, 0.1) is 12.7 Å². The summed E-state index contributed by atoms with van der Waals surface area (Å²) < 4.78 is 47.5. The number of carbonyl (C=O) groups excluding carboxylic acids is 1. The summed E-state index contributed by atoms with van der Waals surface area (Å²) in [5.74, 6) is -1.10. The maximum Gasteiger partial charge on any atom is 0.258 e. The number of hydrogen-bond acceptors (Lipinski definition) is 4. The van der Waals surface area contributed by atoms with Crippen molar-refractivity contribution in [2.75, 3.05) is 11.9 Å². The van der Waals surface area contributed by atoms with Gasteiger partial charge in [0.15, 0.2) is 0 Å². The van der Waals surface area contributed by atoms with E-state index in [1.54, 1.807) is 6.92 Å². The molecule has 8 heteroatoms. The number of benzene rings is 3. The lowest BCUT2D eigenvalue weighted by Crippen LogP contribution is -2.23. The number of halogens is 1. The molecule has 3 aromatic carbocycles. The minimum Gasteiger partial charge on any atom is -0.492 e. The predicted octanol–water partition coefficient (Wildman–Crippen LogP) is 4.26. The van der Waals surface area contributed by atoms with Crippen LogP contribution in [0.1, 0.15) is 28.4 Å². The van der Waals surface area contributed by atoms with Gasteiger partial charge in [0.1, 0.15) is 11.6 Å². The van der Waals surface area contributed by atoms with Gasteiger partial charge in [0, 0.05) is 6.54 Å². The van der Waals surface area contributed by atoms with Crippen LogP contribution in [-0.2, 0) is 16.6 Å². The molecular weight excluding hydrogens is 419 g/mol. The highest BCUT2D eigenvalue weighted by molar-refractivity contribution is 7.89. The van der Waals surface area contributed by atoms with E-state index in [1.165, 1.54) is 42.5 Å². The molecule has 3 aromatic rings. The van der Waals surface area contributed by atoms with E-state index in [-0.39, 0.29) is 28.4 Å². The fourth-order valence-electron chi connectivity index (χ4n) is 2.86. The zero-order chi connectivity index (χ0) is 22.4. The molecule has 0 fully saturated rings. The molecule has 0 aliphatic heterocycles. The minimum atomic E-state index is -3.86. The summed E-state index contributed by atoms with van der Waals surface area (Å²) in [4.78, 5) is 12.5. The Bertz CT molecular complexity index is 1180. The van der Waals surface area contributed by atoms with Gasteiger partial charge in [-0.05, 0) is 49.7 Å². The molecule has 0 saturated heterocycles. The topological polar surface area (TPSA) is 84.5 Å². The molecule has 0 saturated carbocycles. The molecule has 6 nitrogen and oxygen atoms in total. The average molecular weight is 443 g/mol. The molecule has 3 rings (SSSR count). The molecule has 2 N–H and O–H groups in total. The van der Waals surface area contributed by atoms with Crippen molar-refractivity contribution in [2.45, 2.75) is 25.3 Å². The summed E-state index contributed by atoms with van der Waals surface area (Å²) >= 11 is 0.